The van der Waals surface area contributed by atoms with Crippen LogP contribution in [0.4, 0.5) is 0 Å². The van der Waals surface area contributed by atoms with Crippen molar-refractivity contribution in [2.45, 2.75) is 39.3 Å². The molecule has 0 aliphatic rings. The van der Waals surface area contributed by atoms with E-state index in [0.29, 0.717) is 13.2 Å². The Kier molecular flexibility index (Phi) is 6.01. The Balaban J connectivity index is 2.69. The van der Waals surface area contributed by atoms with Gasteiger partial charge in [0, 0.05) is 18.2 Å². The molecule has 1 aromatic carbocycles. The second-order valence-corrected chi connectivity index (χ2v) is 4.14. The van der Waals surface area contributed by atoms with Crippen LogP contribution in [0.1, 0.15) is 38.8 Å². The van der Waals surface area contributed by atoms with Crippen LogP contribution in [-0.2, 0) is 4.74 Å². The van der Waals surface area contributed by atoms with Crippen LogP contribution in [0, 0.1) is 0 Å². The van der Waals surface area contributed by atoms with Gasteiger partial charge in [-0.3, -0.25) is 0 Å². The molecule has 1 unspecified atom stereocenters. The molecule has 2 atom stereocenters. The summed E-state index contributed by atoms with van der Waals surface area (Å²) in [6.07, 6.45) is 0.945. The lowest BCUT2D eigenvalue weighted by Gasteiger charge is -2.19. The van der Waals surface area contributed by atoms with Gasteiger partial charge in [-0.25, -0.2) is 0 Å². The van der Waals surface area contributed by atoms with Gasteiger partial charge in [0.05, 0.1) is 6.61 Å². The molecule has 0 aromatic heterocycles. The van der Waals surface area contributed by atoms with Crippen LogP contribution in [0.15, 0.2) is 24.3 Å². The van der Waals surface area contributed by atoms with Gasteiger partial charge in [-0.05, 0) is 26.3 Å². The lowest BCUT2D eigenvalue weighted by atomic mass is 10.0. The van der Waals surface area contributed by atoms with Crippen LogP contribution in [-0.4, -0.2) is 19.3 Å². The largest absolute Gasteiger partial charge is 0.488 e. The van der Waals surface area contributed by atoms with Gasteiger partial charge < -0.3 is 15.2 Å². The summed E-state index contributed by atoms with van der Waals surface area (Å²) in [7, 11) is 0. The van der Waals surface area contributed by atoms with Gasteiger partial charge >= 0.3 is 0 Å². The highest BCUT2D eigenvalue weighted by atomic mass is 16.5. The Hall–Kier alpha value is -1.06. The number of rotatable bonds is 7. The third-order valence-corrected chi connectivity index (χ3v) is 2.64. The maximum Gasteiger partial charge on any atom is 0.124 e. The first kappa shape index (κ1) is 14.0. The number of ether oxygens (including phenoxy) is 2. The van der Waals surface area contributed by atoms with E-state index < -0.39 is 0 Å². The van der Waals surface area contributed by atoms with Crippen LogP contribution in [0.25, 0.3) is 0 Å². The van der Waals surface area contributed by atoms with Crippen molar-refractivity contribution < 1.29 is 9.47 Å². The molecule has 0 aliphatic carbocycles. The summed E-state index contributed by atoms with van der Waals surface area (Å²) in [5.41, 5.74) is 7.13. The quantitative estimate of drug-likeness (QED) is 0.793. The summed E-state index contributed by atoms with van der Waals surface area (Å²) >= 11 is 0. The summed E-state index contributed by atoms with van der Waals surface area (Å²) in [5, 5.41) is 0. The molecule has 0 amide bonds. The zero-order chi connectivity index (χ0) is 12.7. The zero-order valence-corrected chi connectivity index (χ0v) is 11.0. The fourth-order valence-corrected chi connectivity index (χ4v) is 1.65. The molecule has 1 aromatic rings. The van der Waals surface area contributed by atoms with Crippen molar-refractivity contribution in [3.8, 4) is 5.75 Å². The van der Waals surface area contributed by atoms with E-state index >= 15 is 0 Å². The molecule has 17 heavy (non-hydrogen) atoms. The molecule has 0 bridgehead atoms. The summed E-state index contributed by atoms with van der Waals surface area (Å²) < 4.78 is 11.2. The van der Waals surface area contributed by atoms with E-state index in [-0.39, 0.29) is 12.1 Å². The molecule has 96 valence electrons. The molecule has 1 rings (SSSR count). The SMILES string of the molecule is CCOCC(C)Oc1ccccc1[C@@H](N)CC. The van der Waals surface area contributed by atoms with Gasteiger partial charge in [-0.1, -0.05) is 25.1 Å². The molecule has 0 saturated carbocycles. The first-order valence-electron chi connectivity index (χ1n) is 6.27. The summed E-state index contributed by atoms with van der Waals surface area (Å²) in [6, 6.07) is 7.98. The Morgan fingerprint density at radius 3 is 2.59 bits per heavy atom. The number of para-hydroxylation sites is 1. The van der Waals surface area contributed by atoms with E-state index in [0.717, 1.165) is 17.7 Å². The maximum absolute atomic E-state index is 6.06. The number of hydrogen-bond donors (Lipinski definition) is 1. The molecular weight excluding hydrogens is 214 g/mol. The second-order valence-electron chi connectivity index (χ2n) is 4.14. The molecular formula is C14H23NO2. The topological polar surface area (TPSA) is 44.5 Å². The highest BCUT2D eigenvalue weighted by Crippen LogP contribution is 2.26. The third-order valence-electron chi connectivity index (χ3n) is 2.64. The Labute approximate surface area is 104 Å². The van der Waals surface area contributed by atoms with Crippen LogP contribution >= 0.6 is 0 Å². The molecule has 0 heterocycles. The summed E-state index contributed by atoms with van der Waals surface area (Å²) in [5.74, 6) is 0.869. The lowest BCUT2D eigenvalue weighted by Crippen LogP contribution is -2.21. The molecule has 3 nitrogen and oxygen atoms in total. The van der Waals surface area contributed by atoms with Crippen molar-refractivity contribution in [3.63, 3.8) is 0 Å². The Bertz CT molecular complexity index is 328. The Morgan fingerprint density at radius 2 is 1.94 bits per heavy atom. The third kappa shape index (κ3) is 4.36. The predicted octanol–water partition coefficient (Wildman–Crippen LogP) is 2.90. The molecule has 0 fully saturated rings. The smallest absolute Gasteiger partial charge is 0.124 e. The van der Waals surface area contributed by atoms with Gasteiger partial charge in [0.2, 0.25) is 0 Å². The summed E-state index contributed by atoms with van der Waals surface area (Å²) in [6.45, 7) is 7.37. The van der Waals surface area contributed by atoms with E-state index in [1.807, 2.05) is 38.1 Å². The van der Waals surface area contributed by atoms with Crippen molar-refractivity contribution in [2.75, 3.05) is 13.2 Å². The number of hydrogen-bond acceptors (Lipinski definition) is 3. The number of nitrogens with two attached hydrogens (primary N) is 1. The monoisotopic (exact) mass is 237 g/mol. The van der Waals surface area contributed by atoms with Crippen LogP contribution in [0.2, 0.25) is 0 Å². The first-order valence-corrected chi connectivity index (χ1v) is 6.27. The highest BCUT2D eigenvalue weighted by molar-refractivity contribution is 5.35. The highest BCUT2D eigenvalue weighted by Gasteiger charge is 2.12. The Morgan fingerprint density at radius 1 is 1.24 bits per heavy atom. The minimum atomic E-state index is 0.0329. The molecule has 0 radical (unpaired) electrons. The fraction of sp³-hybridized carbons (Fsp3) is 0.571. The molecule has 0 aliphatic heterocycles. The van der Waals surface area contributed by atoms with E-state index in [1.165, 1.54) is 0 Å². The van der Waals surface area contributed by atoms with Crippen LogP contribution < -0.4 is 10.5 Å². The average Bonchev–Trinajstić information content (AvgIpc) is 2.36. The van der Waals surface area contributed by atoms with Crippen molar-refractivity contribution >= 4 is 0 Å². The van der Waals surface area contributed by atoms with Crippen molar-refractivity contribution in [2.24, 2.45) is 5.73 Å². The van der Waals surface area contributed by atoms with E-state index in [4.69, 9.17) is 15.2 Å². The summed E-state index contributed by atoms with van der Waals surface area (Å²) in [4.78, 5) is 0. The maximum atomic E-state index is 6.06. The van der Waals surface area contributed by atoms with E-state index in [1.54, 1.807) is 0 Å². The molecule has 2 N–H and O–H groups in total. The minimum Gasteiger partial charge on any atom is -0.488 e. The van der Waals surface area contributed by atoms with Crippen molar-refractivity contribution in [3.05, 3.63) is 29.8 Å². The second kappa shape index (κ2) is 7.30. The van der Waals surface area contributed by atoms with Gasteiger partial charge in [0.1, 0.15) is 11.9 Å². The van der Waals surface area contributed by atoms with Gasteiger partial charge in [0.15, 0.2) is 0 Å². The van der Waals surface area contributed by atoms with Gasteiger partial charge in [-0.2, -0.15) is 0 Å². The zero-order valence-electron chi connectivity index (χ0n) is 11.0. The molecule has 3 heteroatoms. The number of benzene rings is 1. The van der Waals surface area contributed by atoms with E-state index in [9.17, 15) is 0 Å². The predicted molar refractivity (Wildman–Crippen MR) is 70.2 cm³/mol. The van der Waals surface area contributed by atoms with Crippen LogP contribution in [0.3, 0.4) is 0 Å². The lowest BCUT2D eigenvalue weighted by molar-refractivity contribution is 0.0650. The van der Waals surface area contributed by atoms with Crippen molar-refractivity contribution in [1.29, 1.82) is 0 Å². The van der Waals surface area contributed by atoms with Gasteiger partial charge in [0.25, 0.3) is 0 Å². The minimum absolute atomic E-state index is 0.0329. The van der Waals surface area contributed by atoms with Crippen LogP contribution in [0.5, 0.6) is 5.75 Å². The molecule has 0 spiro atoms. The standard InChI is InChI=1S/C14H23NO2/c1-4-13(15)12-8-6-7-9-14(12)17-11(3)10-16-5-2/h6-9,11,13H,4-5,10,15H2,1-3H3/t11?,13-/m0/s1. The molecule has 0 saturated heterocycles. The average molecular weight is 237 g/mol. The van der Waals surface area contributed by atoms with Gasteiger partial charge in [-0.15, -0.1) is 0 Å². The fourth-order valence-electron chi connectivity index (χ4n) is 1.65. The first-order chi connectivity index (χ1) is 8.19. The van der Waals surface area contributed by atoms with Crippen molar-refractivity contribution in [1.82, 2.24) is 0 Å². The van der Waals surface area contributed by atoms with E-state index in [2.05, 4.69) is 6.92 Å². The normalized spacial score (nSPS) is 14.4.